The van der Waals surface area contributed by atoms with E-state index in [1.54, 1.807) is 12.3 Å². The monoisotopic (exact) mass is 328 g/mol. The molecule has 0 fully saturated rings. The number of aryl methyl sites for hydroxylation is 1. The van der Waals surface area contributed by atoms with Gasteiger partial charge in [-0.3, -0.25) is 0 Å². The molecule has 5 heteroatoms. The number of hydrogen-bond donors (Lipinski definition) is 1. The highest BCUT2D eigenvalue weighted by Crippen LogP contribution is 2.24. The molecule has 0 aliphatic rings. The first-order valence-corrected chi connectivity index (χ1v) is 6.53. The van der Waals surface area contributed by atoms with Crippen molar-refractivity contribution in [1.29, 1.82) is 0 Å². The molecule has 1 heterocycles. The second-order valence-electron chi connectivity index (χ2n) is 3.92. The van der Waals surface area contributed by atoms with Gasteiger partial charge in [0.1, 0.15) is 5.82 Å². The number of nitrogens with one attached hydrogen (secondary N) is 1. The van der Waals surface area contributed by atoms with E-state index in [0.717, 1.165) is 21.3 Å². The van der Waals surface area contributed by atoms with Crippen LogP contribution in [0.3, 0.4) is 0 Å². The third kappa shape index (κ3) is 3.21. The fourth-order valence-electron chi connectivity index (χ4n) is 1.57. The zero-order valence-corrected chi connectivity index (χ0v) is 12.0. The quantitative estimate of drug-likeness (QED) is 0.835. The van der Waals surface area contributed by atoms with Crippen molar-refractivity contribution in [3.8, 4) is 0 Å². The molecule has 0 unspecified atom stereocenters. The maximum atomic E-state index is 13.1. The highest BCUT2D eigenvalue weighted by molar-refractivity contribution is 9.10. The Kier molecular flexibility index (Phi) is 4.19. The highest BCUT2D eigenvalue weighted by Gasteiger charge is 2.04. The van der Waals surface area contributed by atoms with E-state index in [0.29, 0.717) is 11.7 Å². The molecule has 1 aromatic heterocycles. The van der Waals surface area contributed by atoms with Crippen molar-refractivity contribution < 1.29 is 4.39 Å². The van der Waals surface area contributed by atoms with Crippen molar-refractivity contribution in [2.75, 3.05) is 5.32 Å². The van der Waals surface area contributed by atoms with Crippen LogP contribution in [0, 0.1) is 12.7 Å². The summed E-state index contributed by atoms with van der Waals surface area (Å²) in [5, 5.41) is 3.54. The molecule has 2 aromatic rings. The third-order valence-corrected chi connectivity index (χ3v) is 3.32. The van der Waals surface area contributed by atoms with Crippen LogP contribution >= 0.6 is 27.5 Å². The highest BCUT2D eigenvalue weighted by atomic mass is 79.9. The van der Waals surface area contributed by atoms with Crippen LogP contribution in [0.4, 0.5) is 10.1 Å². The van der Waals surface area contributed by atoms with Gasteiger partial charge in [-0.25, -0.2) is 9.37 Å². The molecule has 0 bridgehead atoms. The van der Waals surface area contributed by atoms with Crippen LogP contribution in [0.15, 0.2) is 34.9 Å². The van der Waals surface area contributed by atoms with E-state index >= 15 is 0 Å². The van der Waals surface area contributed by atoms with Crippen LogP contribution in [0.25, 0.3) is 0 Å². The molecule has 2 nitrogen and oxygen atoms in total. The Morgan fingerprint density at radius 1 is 1.39 bits per heavy atom. The lowest BCUT2D eigenvalue weighted by atomic mass is 10.1. The van der Waals surface area contributed by atoms with Crippen LogP contribution in [0.1, 0.15) is 11.1 Å². The first-order chi connectivity index (χ1) is 8.56. The van der Waals surface area contributed by atoms with Crippen LogP contribution in [-0.2, 0) is 6.54 Å². The van der Waals surface area contributed by atoms with Gasteiger partial charge in [0.05, 0.1) is 5.69 Å². The van der Waals surface area contributed by atoms with E-state index in [-0.39, 0.29) is 5.82 Å². The Bertz CT molecular complexity index is 523. The molecule has 94 valence electrons. The van der Waals surface area contributed by atoms with E-state index in [1.165, 1.54) is 12.1 Å². The maximum absolute atomic E-state index is 13.1. The predicted molar refractivity (Wildman–Crippen MR) is 75.4 cm³/mol. The lowest BCUT2D eigenvalue weighted by Gasteiger charge is -2.10. The summed E-state index contributed by atoms with van der Waals surface area (Å²) in [5.74, 6) is -0.240. The van der Waals surface area contributed by atoms with Crippen molar-refractivity contribution in [3.63, 3.8) is 0 Å². The topological polar surface area (TPSA) is 24.9 Å². The minimum Gasteiger partial charge on any atom is -0.378 e. The molecule has 0 saturated carbocycles. The van der Waals surface area contributed by atoms with E-state index in [4.69, 9.17) is 11.6 Å². The number of benzene rings is 1. The number of halogens is 3. The third-order valence-electron chi connectivity index (χ3n) is 2.59. The Balaban J connectivity index is 2.16. The van der Waals surface area contributed by atoms with Gasteiger partial charge in [0.15, 0.2) is 5.15 Å². The average Bonchev–Trinajstić information content (AvgIpc) is 2.34. The first kappa shape index (κ1) is 13.3. The summed E-state index contributed by atoms with van der Waals surface area (Å²) in [6, 6.07) is 6.56. The zero-order valence-electron chi connectivity index (χ0n) is 9.67. The van der Waals surface area contributed by atoms with Crippen molar-refractivity contribution in [1.82, 2.24) is 4.98 Å². The molecule has 18 heavy (non-hydrogen) atoms. The minimum atomic E-state index is -0.240. The minimum absolute atomic E-state index is 0.240. The summed E-state index contributed by atoms with van der Waals surface area (Å²) >= 11 is 9.29. The van der Waals surface area contributed by atoms with Crippen LogP contribution < -0.4 is 5.32 Å². The maximum Gasteiger partial charge on any atom is 0.152 e. The molecule has 1 aromatic carbocycles. The number of aromatic nitrogens is 1. The van der Waals surface area contributed by atoms with Gasteiger partial charge in [0, 0.05) is 17.2 Å². The van der Waals surface area contributed by atoms with Gasteiger partial charge in [-0.15, -0.1) is 0 Å². The molecule has 0 atom stereocenters. The van der Waals surface area contributed by atoms with Crippen molar-refractivity contribution in [2.24, 2.45) is 0 Å². The average molecular weight is 330 g/mol. The normalized spacial score (nSPS) is 10.4. The Labute approximate surface area is 118 Å². The van der Waals surface area contributed by atoms with E-state index in [2.05, 4.69) is 26.2 Å². The zero-order chi connectivity index (χ0) is 13.1. The number of pyridine rings is 1. The summed E-state index contributed by atoms with van der Waals surface area (Å²) in [6.07, 6.45) is 1.63. The van der Waals surface area contributed by atoms with Gasteiger partial charge >= 0.3 is 0 Å². The molecule has 1 N–H and O–H groups in total. The molecule has 0 spiro atoms. The van der Waals surface area contributed by atoms with Crippen molar-refractivity contribution in [2.45, 2.75) is 13.5 Å². The number of anilines is 1. The summed E-state index contributed by atoms with van der Waals surface area (Å²) in [5.41, 5.74) is 2.64. The molecule has 0 aliphatic carbocycles. The lowest BCUT2D eigenvalue weighted by Crippen LogP contribution is -2.03. The molecule has 0 radical (unpaired) electrons. The van der Waals surface area contributed by atoms with E-state index < -0.39 is 0 Å². The van der Waals surface area contributed by atoms with Gasteiger partial charge in [0.25, 0.3) is 0 Å². The van der Waals surface area contributed by atoms with Gasteiger partial charge in [-0.05, 0) is 52.2 Å². The largest absolute Gasteiger partial charge is 0.378 e. The Morgan fingerprint density at radius 3 is 2.94 bits per heavy atom. The lowest BCUT2D eigenvalue weighted by molar-refractivity contribution is 0.625. The Hall–Kier alpha value is -1.13. The second-order valence-corrected chi connectivity index (χ2v) is 5.19. The van der Waals surface area contributed by atoms with Gasteiger partial charge < -0.3 is 5.32 Å². The standard InChI is InChI=1S/C13H11BrClFN2/c1-8-2-3-11(16)4-9(8)6-17-12-5-10(14)7-18-13(12)15/h2-5,7,17H,6H2,1H3. The van der Waals surface area contributed by atoms with E-state index in [1.807, 2.05) is 13.0 Å². The van der Waals surface area contributed by atoms with Gasteiger partial charge in [0.2, 0.25) is 0 Å². The fourth-order valence-corrected chi connectivity index (χ4v) is 2.07. The van der Waals surface area contributed by atoms with Crippen molar-refractivity contribution >= 4 is 33.2 Å². The van der Waals surface area contributed by atoms with Crippen LogP contribution in [0.2, 0.25) is 5.15 Å². The number of rotatable bonds is 3. The molecular weight excluding hydrogens is 319 g/mol. The summed E-state index contributed by atoms with van der Waals surface area (Å²) < 4.78 is 14.0. The van der Waals surface area contributed by atoms with Crippen LogP contribution in [-0.4, -0.2) is 4.98 Å². The van der Waals surface area contributed by atoms with Crippen molar-refractivity contribution in [3.05, 3.63) is 57.0 Å². The smallest absolute Gasteiger partial charge is 0.152 e. The Morgan fingerprint density at radius 2 is 2.17 bits per heavy atom. The molecular formula is C13H11BrClFN2. The molecule has 2 rings (SSSR count). The predicted octanol–water partition coefficient (Wildman–Crippen LogP) is 4.56. The van der Waals surface area contributed by atoms with Crippen LogP contribution in [0.5, 0.6) is 0 Å². The molecule has 0 aliphatic heterocycles. The second kappa shape index (κ2) is 5.67. The molecule has 0 saturated heterocycles. The van der Waals surface area contributed by atoms with E-state index in [9.17, 15) is 4.39 Å². The summed E-state index contributed by atoms with van der Waals surface area (Å²) in [6.45, 7) is 2.44. The van der Waals surface area contributed by atoms with Gasteiger partial charge in [-0.1, -0.05) is 17.7 Å². The summed E-state index contributed by atoms with van der Waals surface area (Å²) in [7, 11) is 0. The molecule has 0 amide bonds. The summed E-state index contributed by atoms with van der Waals surface area (Å²) in [4.78, 5) is 4.01. The van der Waals surface area contributed by atoms with Gasteiger partial charge in [-0.2, -0.15) is 0 Å². The SMILES string of the molecule is Cc1ccc(F)cc1CNc1cc(Br)cnc1Cl. The number of nitrogens with zero attached hydrogens (tertiary/aromatic N) is 1. The number of hydrogen-bond acceptors (Lipinski definition) is 2. The fraction of sp³-hybridized carbons (Fsp3) is 0.154. The first-order valence-electron chi connectivity index (χ1n) is 5.36.